The highest BCUT2D eigenvalue weighted by molar-refractivity contribution is 5.62. The number of nitrogens with two attached hydrogens (primary N) is 1. The smallest absolute Gasteiger partial charge is 0.227 e. The van der Waals surface area contributed by atoms with E-state index in [0.29, 0.717) is 24.9 Å². The van der Waals surface area contributed by atoms with E-state index in [2.05, 4.69) is 15.1 Å². The lowest BCUT2D eigenvalue weighted by Crippen LogP contribution is -2.37. The highest BCUT2D eigenvalue weighted by Gasteiger charge is 2.17. The third-order valence-electron chi connectivity index (χ3n) is 2.46. The van der Waals surface area contributed by atoms with Crippen molar-refractivity contribution in [2.45, 2.75) is 6.92 Å². The van der Waals surface area contributed by atoms with Gasteiger partial charge in [0.1, 0.15) is 0 Å². The summed E-state index contributed by atoms with van der Waals surface area (Å²) in [6.45, 7) is 4.45. The largest absolute Gasteiger partial charge is 0.382 e. The first kappa shape index (κ1) is 10.7. The lowest BCUT2D eigenvalue weighted by molar-refractivity contribution is 0.122. The molecule has 0 spiro atoms. The Morgan fingerprint density at radius 1 is 1.38 bits per heavy atom. The molecule has 16 heavy (non-hydrogen) atoms. The maximum atomic E-state index is 10.5. The van der Waals surface area contributed by atoms with Crippen molar-refractivity contribution in [2.24, 2.45) is 5.18 Å². The predicted octanol–water partition coefficient (Wildman–Crippen LogP) is 0.602. The van der Waals surface area contributed by atoms with E-state index in [9.17, 15) is 4.91 Å². The minimum Gasteiger partial charge on any atom is -0.382 e. The molecular weight excluding hydrogens is 210 g/mol. The van der Waals surface area contributed by atoms with Crippen LogP contribution in [0.1, 0.15) is 5.69 Å². The average molecular weight is 223 g/mol. The summed E-state index contributed by atoms with van der Waals surface area (Å²) in [5.41, 5.74) is 6.26. The van der Waals surface area contributed by atoms with Crippen LogP contribution in [0.25, 0.3) is 0 Å². The van der Waals surface area contributed by atoms with Crippen LogP contribution < -0.4 is 10.6 Å². The second-order valence-corrected chi connectivity index (χ2v) is 3.53. The van der Waals surface area contributed by atoms with Crippen LogP contribution in [0.5, 0.6) is 0 Å². The second kappa shape index (κ2) is 4.40. The number of ether oxygens (including phenoxy) is 1. The van der Waals surface area contributed by atoms with Gasteiger partial charge in [0, 0.05) is 13.1 Å². The van der Waals surface area contributed by atoms with Gasteiger partial charge in [-0.25, -0.2) is 4.98 Å². The Bertz CT molecular complexity index is 380. The Morgan fingerprint density at radius 2 is 2.06 bits per heavy atom. The summed E-state index contributed by atoms with van der Waals surface area (Å²) >= 11 is 0. The van der Waals surface area contributed by atoms with Gasteiger partial charge in [-0.15, -0.1) is 4.91 Å². The summed E-state index contributed by atoms with van der Waals surface area (Å²) in [7, 11) is 0. The zero-order valence-corrected chi connectivity index (χ0v) is 9.01. The van der Waals surface area contributed by atoms with Crippen LogP contribution in [0.3, 0.4) is 0 Å². The van der Waals surface area contributed by atoms with E-state index >= 15 is 0 Å². The SMILES string of the molecule is Cc1nc(N2CCOCC2)nc(N)c1N=O. The minimum absolute atomic E-state index is 0.122. The Hall–Kier alpha value is -1.76. The van der Waals surface area contributed by atoms with Crippen molar-refractivity contribution < 1.29 is 4.74 Å². The van der Waals surface area contributed by atoms with Crippen molar-refractivity contribution in [3.63, 3.8) is 0 Å². The Kier molecular flexibility index (Phi) is 2.95. The van der Waals surface area contributed by atoms with Crippen molar-refractivity contribution in [2.75, 3.05) is 36.9 Å². The van der Waals surface area contributed by atoms with E-state index in [1.807, 2.05) is 4.90 Å². The Morgan fingerprint density at radius 3 is 2.62 bits per heavy atom. The Balaban J connectivity index is 2.31. The molecule has 7 heteroatoms. The van der Waals surface area contributed by atoms with E-state index in [-0.39, 0.29) is 11.5 Å². The molecule has 1 saturated heterocycles. The van der Waals surface area contributed by atoms with Gasteiger partial charge in [-0.3, -0.25) is 0 Å². The third-order valence-corrected chi connectivity index (χ3v) is 2.46. The first-order valence-electron chi connectivity index (χ1n) is 5.02. The van der Waals surface area contributed by atoms with Crippen LogP contribution in [0, 0.1) is 11.8 Å². The van der Waals surface area contributed by atoms with Crippen molar-refractivity contribution >= 4 is 17.5 Å². The van der Waals surface area contributed by atoms with Crippen molar-refractivity contribution in [3.05, 3.63) is 10.6 Å². The lowest BCUT2D eigenvalue weighted by Gasteiger charge is -2.27. The van der Waals surface area contributed by atoms with Crippen LogP contribution in [-0.2, 0) is 4.74 Å². The van der Waals surface area contributed by atoms with Crippen molar-refractivity contribution in [1.82, 2.24) is 9.97 Å². The molecule has 2 N–H and O–H groups in total. The van der Waals surface area contributed by atoms with E-state index in [1.54, 1.807) is 6.92 Å². The monoisotopic (exact) mass is 223 g/mol. The second-order valence-electron chi connectivity index (χ2n) is 3.53. The fourth-order valence-electron chi connectivity index (χ4n) is 1.59. The van der Waals surface area contributed by atoms with Crippen molar-refractivity contribution in [3.8, 4) is 0 Å². The van der Waals surface area contributed by atoms with E-state index in [1.165, 1.54) is 0 Å². The molecular formula is C9H13N5O2. The number of nitrogen functional groups attached to an aromatic ring is 1. The van der Waals surface area contributed by atoms with Gasteiger partial charge >= 0.3 is 0 Å². The summed E-state index contributed by atoms with van der Waals surface area (Å²) in [5.74, 6) is 0.662. The van der Waals surface area contributed by atoms with Gasteiger partial charge in [-0.2, -0.15) is 4.98 Å². The molecule has 0 radical (unpaired) electrons. The van der Waals surface area contributed by atoms with Crippen LogP contribution in [-0.4, -0.2) is 36.3 Å². The zero-order chi connectivity index (χ0) is 11.5. The minimum atomic E-state index is 0.122. The maximum Gasteiger partial charge on any atom is 0.227 e. The molecule has 2 rings (SSSR count). The quantitative estimate of drug-likeness (QED) is 0.738. The number of aromatic nitrogens is 2. The number of rotatable bonds is 2. The highest BCUT2D eigenvalue weighted by atomic mass is 16.5. The van der Waals surface area contributed by atoms with Crippen LogP contribution in [0.15, 0.2) is 5.18 Å². The molecule has 0 bridgehead atoms. The molecule has 0 unspecified atom stereocenters. The summed E-state index contributed by atoms with van der Waals surface area (Å²) in [4.78, 5) is 20.8. The topological polar surface area (TPSA) is 93.7 Å². The molecule has 1 aromatic heterocycles. The first-order chi connectivity index (χ1) is 7.72. The van der Waals surface area contributed by atoms with Crippen LogP contribution in [0.4, 0.5) is 17.5 Å². The molecule has 0 aromatic carbocycles. The molecule has 0 amide bonds. The zero-order valence-electron chi connectivity index (χ0n) is 9.01. The van der Waals surface area contributed by atoms with Gasteiger partial charge in [0.05, 0.1) is 18.9 Å². The molecule has 0 aliphatic carbocycles. The van der Waals surface area contributed by atoms with Crippen LogP contribution in [0.2, 0.25) is 0 Å². The van der Waals surface area contributed by atoms with Gasteiger partial charge < -0.3 is 15.4 Å². The molecule has 0 atom stereocenters. The molecule has 1 aromatic rings. The van der Waals surface area contributed by atoms with Crippen molar-refractivity contribution in [1.29, 1.82) is 0 Å². The van der Waals surface area contributed by atoms with Crippen LogP contribution >= 0.6 is 0 Å². The first-order valence-corrected chi connectivity index (χ1v) is 5.02. The number of hydrogen-bond acceptors (Lipinski definition) is 7. The number of hydrogen-bond donors (Lipinski definition) is 1. The number of morpholine rings is 1. The molecule has 1 aliphatic heterocycles. The lowest BCUT2D eigenvalue weighted by atomic mass is 10.3. The number of aryl methyl sites for hydroxylation is 1. The highest BCUT2D eigenvalue weighted by Crippen LogP contribution is 2.25. The van der Waals surface area contributed by atoms with E-state index < -0.39 is 0 Å². The molecule has 2 heterocycles. The summed E-state index contributed by atoms with van der Waals surface area (Å²) in [5, 5.41) is 2.81. The maximum absolute atomic E-state index is 10.5. The molecule has 86 valence electrons. The van der Waals surface area contributed by atoms with Gasteiger partial charge in [0.25, 0.3) is 0 Å². The summed E-state index contributed by atoms with van der Waals surface area (Å²) in [6, 6.07) is 0. The number of nitrogens with zero attached hydrogens (tertiary/aromatic N) is 4. The van der Waals surface area contributed by atoms with Gasteiger partial charge in [-0.05, 0) is 12.1 Å². The molecule has 1 aliphatic rings. The fourth-order valence-corrected chi connectivity index (χ4v) is 1.59. The van der Waals surface area contributed by atoms with Gasteiger partial charge in [0.2, 0.25) is 5.95 Å². The molecule has 1 fully saturated rings. The third kappa shape index (κ3) is 1.94. The number of anilines is 2. The normalized spacial score (nSPS) is 16.2. The number of nitroso groups, excluding NO2 is 1. The molecule has 0 saturated carbocycles. The molecule has 7 nitrogen and oxygen atoms in total. The van der Waals surface area contributed by atoms with Gasteiger partial charge in [0.15, 0.2) is 11.5 Å². The summed E-state index contributed by atoms with van der Waals surface area (Å²) in [6.07, 6.45) is 0. The fraction of sp³-hybridized carbons (Fsp3) is 0.556. The average Bonchev–Trinajstić information content (AvgIpc) is 2.30. The van der Waals surface area contributed by atoms with Gasteiger partial charge in [-0.1, -0.05) is 0 Å². The Labute approximate surface area is 92.6 Å². The predicted molar refractivity (Wildman–Crippen MR) is 59.7 cm³/mol. The standard InChI is InChI=1S/C9H13N5O2/c1-6-7(13-15)8(10)12-9(11-6)14-2-4-16-5-3-14/h2-5H2,1H3,(H2,10,11,12). The van der Waals surface area contributed by atoms with E-state index in [0.717, 1.165) is 13.1 Å². The summed E-state index contributed by atoms with van der Waals surface area (Å²) < 4.78 is 5.23. The van der Waals surface area contributed by atoms with E-state index in [4.69, 9.17) is 10.5 Å².